The smallest absolute Gasteiger partial charge is 0.175 e. The van der Waals surface area contributed by atoms with Crippen LogP contribution in [0, 0.1) is 0 Å². The van der Waals surface area contributed by atoms with Gasteiger partial charge in [-0.15, -0.1) is 0 Å². The van der Waals surface area contributed by atoms with E-state index < -0.39 is 36.0 Å². The molecule has 18 heteroatoms. The number of imidazole rings is 3. The molecule has 2 N–H and O–H groups in total. The predicted molar refractivity (Wildman–Crippen MR) is 200 cm³/mol. The second-order valence-corrected chi connectivity index (χ2v) is 17.2. The van der Waals surface area contributed by atoms with Crippen molar-refractivity contribution in [3.63, 3.8) is 0 Å². The van der Waals surface area contributed by atoms with Crippen molar-refractivity contribution in [2.75, 3.05) is 63.4 Å². The van der Waals surface area contributed by atoms with Gasteiger partial charge in [0.2, 0.25) is 0 Å². The molecule has 0 saturated carbocycles. The van der Waals surface area contributed by atoms with Gasteiger partial charge in [0.25, 0.3) is 0 Å². The number of benzene rings is 1. The number of carboxylic acid groups (broad SMARTS) is 3. The maximum absolute atomic E-state index is 11.3. The Morgan fingerprint density at radius 3 is 1.60 bits per heavy atom. The Kier molecular flexibility index (Phi) is 16.4. The first-order valence-electron chi connectivity index (χ1n) is 16.1. The number of carboxylic acids is 3. The summed E-state index contributed by atoms with van der Waals surface area (Å²) < 4.78 is 4.74. The average molecular weight is 919 g/mol. The quantitative estimate of drug-likeness (QED) is 0.166. The summed E-state index contributed by atoms with van der Waals surface area (Å²) in [5.41, 5.74) is 3.48. The molecule has 0 fully saturated rings. The first kappa shape index (κ1) is 44.7. The number of quaternary nitrogens is 3. The van der Waals surface area contributed by atoms with Crippen molar-refractivity contribution < 1.29 is 43.2 Å². The number of hydrogen-bond acceptors (Lipinski definition) is 9. The van der Waals surface area contributed by atoms with Crippen LogP contribution < -0.4 is 15.3 Å². The lowest BCUT2D eigenvalue weighted by Crippen LogP contribution is -2.56. The van der Waals surface area contributed by atoms with Gasteiger partial charge in [0.05, 0.1) is 111 Å². The fraction of sp³-hybridized carbons (Fsp3) is 0.471. The van der Waals surface area contributed by atoms with E-state index in [1.54, 1.807) is 6.33 Å². The van der Waals surface area contributed by atoms with Gasteiger partial charge in [-0.2, -0.15) is 0 Å². The molecule has 4 rings (SSSR count). The van der Waals surface area contributed by atoms with Crippen LogP contribution in [0.25, 0.3) is 0 Å². The van der Waals surface area contributed by atoms with Gasteiger partial charge < -0.3 is 57.7 Å². The van der Waals surface area contributed by atoms with Gasteiger partial charge in [-0.3, -0.25) is 0 Å². The minimum Gasteiger partial charge on any atom is -0.544 e. The molecule has 0 unspecified atom stereocenters. The first-order valence-corrected chi connectivity index (χ1v) is 18.5. The van der Waals surface area contributed by atoms with Crippen LogP contribution in [0.5, 0.6) is 0 Å². The second kappa shape index (κ2) is 19.1. The van der Waals surface area contributed by atoms with Gasteiger partial charge >= 0.3 is 0 Å². The standard InChI is InChI=1S/C16H21N3O2.C9H13Br2N3O2.C9H14BrN3O2/c1-19(2,3)15(16(20)21)9-14-11-18(12-17-14)10-13-7-5-4-6-8-13;1-14(2,3)6(8(15)16)4-5-7(10)13-9(11)12-5;1-13(2,3)7(9(14)15)4-6-8(10)12-5-11-6/h4-8,11-12,15H,9-10H2,1-3H3;6H,4H2,1-3H3,(H-,12,13,15,16);5,7H,4H2,1-3H3,(H-,11,12,14,15)/t15-;6-;7-/m000/s1. The van der Waals surface area contributed by atoms with E-state index >= 15 is 0 Å². The summed E-state index contributed by atoms with van der Waals surface area (Å²) in [6.45, 7) is 0.730. The van der Waals surface area contributed by atoms with Crippen molar-refractivity contribution in [1.29, 1.82) is 0 Å². The molecule has 0 radical (unpaired) electrons. The lowest BCUT2D eigenvalue weighted by atomic mass is 10.1. The molecule has 0 saturated heterocycles. The van der Waals surface area contributed by atoms with Crippen molar-refractivity contribution in [3.8, 4) is 0 Å². The highest BCUT2D eigenvalue weighted by Crippen LogP contribution is 2.21. The number of aliphatic carboxylic acids is 3. The molecular formula is C34H48Br3N9O6. The largest absolute Gasteiger partial charge is 0.544 e. The molecule has 4 aromatic rings. The highest BCUT2D eigenvalue weighted by atomic mass is 79.9. The molecule has 3 aromatic heterocycles. The van der Waals surface area contributed by atoms with E-state index in [0.717, 1.165) is 23.6 Å². The monoisotopic (exact) mass is 915 g/mol. The number of aromatic amines is 2. The predicted octanol–water partition coefficient (Wildman–Crippen LogP) is 0.140. The number of hydrogen-bond donors (Lipinski definition) is 2. The molecule has 3 heterocycles. The van der Waals surface area contributed by atoms with Crippen molar-refractivity contribution in [3.05, 3.63) is 85.8 Å². The summed E-state index contributed by atoms with van der Waals surface area (Å²) in [5.74, 6) is -3.16. The number of rotatable bonds is 14. The fourth-order valence-corrected chi connectivity index (χ4v) is 6.41. The summed E-state index contributed by atoms with van der Waals surface area (Å²) in [6, 6.07) is 8.25. The van der Waals surface area contributed by atoms with Crippen LogP contribution in [-0.2, 0) is 40.2 Å². The number of nitrogens with zero attached hydrogens (tertiary/aromatic N) is 7. The molecule has 286 valence electrons. The van der Waals surface area contributed by atoms with E-state index in [1.807, 2.05) is 92.4 Å². The van der Waals surface area contributed by atoms with E-state index in [0.29, 0.717) is 46.7 Å². The van der Waals surface area contributed by atoms with E-state index in [9.17, 15) is 29.7 Å². The fourth-order valence-electron chi connectivity index (χ4n) is 4.94. The number of carbonyl (C=O) groups is 3. The van der Waals surface area contributed by atoms with Crippen LogP contribution in [0.15, 0.2) is 63.1 Å². The first-order chi connectivity index (χ1) is 23.9. The molecule has 0 spiro atoms. The number of H-pyrrole nitrogens is 2. The maximum atomic E-state index is 11.3. The molecule has 0 bridgehead atoms. The Morgan fingerprint density at radius 1 is 0.712 bits per heavy atom. The number of likely N-dealkylation sites (N-methyl/N-ethyl adjacent to an activating group) is 3. The summed E-state index contributed by atoms with van der Waals surface area (Å²) >= 11 is 9.71. The van der Waals surface area contributed by atoms with Crippen LogP contribution in [0.1, 0.15) is 22.6 Å². The molecule has 3 atom stereocenters. The van der Waals surface area contributed by atoms with Crippen LogP contribution in [-0.4, -0.2) is 142 Å². The van der Waals surface area contributed by atoms with Crippen LogP contribution >= 0.6 is 47.8 Å². The average Bonchev–Trinajstić information content (AvgIpc) is 3.71. The molecule has 0 aliphatic carbocycles. The van der Waals surface area contributed by atoms with Gasteiger partial charge in [-0.05, 0) is 53.4 Å². The SMILES string of the molecule is C[N+](C)(C)[C@@H](Cc1[nH]c(Br)nc1Br)C(=O)[O-].C[N+](C)(C)[C@@H](Cc1[nH]cnc1Br)C(=O)[O-].C[N+](C)(C)[C@@H](Cc1cn(Cc2ccccc2)cn1)C(=O)[O-]. The zero-order chi connectivity index (χ0) is 39.6. The van der Waals surface area contributed by atoms with Gasteiger partial charge in [0.15, 0.2) is 4.73 Å². The van der Waals surface area contributed by atoms with Crippen LogP contribution in [0.3, 0.4) is 0 Å². The third-order valence-electron chi connectivity index (χ3n) is 8.08. The molecule has 0 amide bonds. The highest BCUT2D eigenvalue weighted by Gasteiger charge is 2.29. The van der Waals surface area contributed by atoms with Crippen molar-refractivity contribution >= 4 is 65.7 Å². The Hall–Kier alpha value is -3.42. The van der Waals surface area contributed by atoms with E-state index in [-0.39, 0.29) is 0 Å². The second-order valence-electron chi connectivity index (χ2n) is 15.0. The normalized spacial score (nSPS) is 13.5. The Labute approximate surface area is 329 Å². The van der Waals surface area contributed by atoms with Gasteiger partial charge in [0, 0.05) is 32.0 Å². The lowest BCUT2D eigenvalue weighted by Gasteiger charge is -2.34. The maximum Gasteiger partial charge on any atom is 0.175 e. The molecule has 52 heavy (non-hydrogen) atoms. The zero-order valence-corrected chi connectivity index (χ0v) is 35.7. The molecule has 1 aromatic carbocycles. The third kappa shape index (κ3) is 14.5. The molecule has 0 aliphatic rings. The Bertz CT molecular complexity index is 1760. The topological polar surface area (TPSA) is 196 Å². The molecule has 15 nitrogen and oxygen atoms in total. The molecule has 0 aliphatic heterocycles. The number of aromatic nitrogens is 6. The van der Waals surface area contributed by atoms with Crippen LogP contribution in [0.2, 0.25) is 0 Å². The summed E-state index contributed by atoms with van der Waals surface area (Å²) in [7, 11) is 16.5. The number of carbonyl (C=O) groups excluding carboxylic acids is 3. The van der Waals surface area contributed by atoms with Crippen molar-refractivity contribution in [1.82, 2.24) is 29.5 Å². The summed E-state index contributed by atoms with van der Waals surface area (Å²) in [6.07, 6.45) is 6.25. The highest BCUT2D eigenvalue weighted by molar-refractivity contribution is 9.11. The summed E-state index contributed by atoms with van der Waals surface area (Å²) in [4.78, 5) is 51.6. The van der Waals surface area contributed by atoms with Gasteiger partial charge in [-0.25, -0.2) is 15.0 Å². The van der Waals surface area contributed by atoms with Crippen molar-refractivity contribution in [2.24, 2.45) is 0 Å². The van der Waals surface area contributed by atoms with E-state index in [1.165, 1.54) is 11.9 Å². The Morgan fingerprint density at radius 2 is 1.19 bits per heavy atom. The van der Waals surface area contributed by atoms with Crippen LogP contribution in [0.4, 0.5) is 0 Å². The Balaban J connectivity index is 0.000000276. The van der Waals surface area contributed by atoms with Gasteiger partial charge in [-0.1, -0.05) is 30.3 Å². The van der Waals surface area contributed by atoms with Crippen molar-refractivity contribution in [2.45, 2.75) is 43.9 Å². The number of halogens is 3. The minimum absolute atomic E-state index is 0.297. The lowest BCUT2D eigenvalue weighted by molar-refractivity contribution is -0.889. The zero-order valence-electron chi connectivity index (χ0n) is 30.9. The third-order valence-corrected chi connectivity index (χ3v) is 9.79. The van der Waals surface area contributed by atoms with E-state index in [4.69, 9.17) is 0 Å². The number of nitrogens with one attached hydrogen (secondary N) is 2. The minimum atomic E-state index is -1.06. The van der Waals surface area contributed by atoms with E-state index in [2.05, 4.69) is 84.8 Å². The summed E-state index contributed by atoms with van der Waals surface area (Å²) in [5, 5.41) is 33.4. The molecular weight excluding hydrogens is 870 g/mol. The van der Waals surface area contributed by atoms with Gasteiger partial charge in [0.1, 0.15) is 27.3 Å².